The summed E-state index contributed by atoms with van der Waals surface area (Å²) in [6.07, 6.45) is 3.76. The smallest absolute Gasteiger partial charge is 0.137 e. The molecule has 0 rings (SSSR count). The molecule has 3 nitrogen and oxygen atoms in total. The van der Waals surface area contributed by atoms with Crippen molar-refractivity contribution in [3.63, 3.8) is 0 Å². The number of rotatable bonds is 5. The van der Waals surface area contributed by atoms with Gasteiger partial charge in [-0.25, -0.2) is 0 Å². The summed E-state index contributed by atoms with van der Waals surface area (Å²) in [6.45, 7) is 1.82. The van der Waals surface area contributed by atoms with E-state index in [4.69, 9.17) is 5.41 Å². The SMILES string of the molecule is CCC(=O)C/C(C=N)=C/NC. The molecule has 3 heteroatoms. The Kier molecular flexibility index (Phi) is 5.07. The van der Waals surface area contributed by atoms with E-state index in [0.29, 0.717) is 12.8 Å². The zero-order chi connectivity index (χ0) is 8.69. The minimum absolute atomic E-state index is 0.162. The van der Waals surface area contributed by atoms with Crippen molar-refractivity contribution in [3.8, 4) is 0 Å². The molecule has 0 fully saturated rings. The maximum Gasteiger partial charge on any atom is 0.137 e. The average molecular weight is 154 g/mol. The van der Waals surface area contributed by atoms with Gasteiger partial charge >= 0.3 is 0 Å². The number of hydrogen-bond acceptors (Lipinski definition) is 3. The van der Waals surface area contributed by atoms with Crippen LogP contribution in [-0.4, -0.2) is 19.0 Å². The first kappa shape index (κ1) is 9.88. The molecule has 0 radical (unpaired) electrons. The molecule has 0 heterocycles. The third kappa shape index (κ3) is 4.31. The second-order valence-electron chi connectivity index (χ2n) is 2.22. The third-order valence-corrected chi connectivity index (χ3v) is 1.31. The molecule has 0 atom stereocenters. The number of ketones is 1. The van der Waals surface area contributed by atoms with Crippen LogP contribution in [-0.2, 0) is 4.79 Å². The van der Waals surface area contributed by atoms with Gasteiger partial charge in [-0.15, -0.1) is 0 Å². The van der Waals surface area contributed by atoms with Crippen molar-refractivity contribution in [3.05, 3.63) is 11.8 Å². The van der Waals surface area contributed by atoms with Crippen molar-refractivity contribution in [2.75, 3.05) is 7.05 Å². The van der Waals surface area contributed by atoms with E-state index in [2.05, 4.69) is 5.32 Å². The molecule has 0 aromatic carbocycles. The molecule has 0 aliphatic heterocycles. The molecule has 0 spiro atoms. The lowest BCUT2D eigenvalue weighted by molar-refractivity contribution is -0.118. The molecular formula is C8H14N2O. The number of carbonyl (C=O) groups excluding carboxylic acids is 1. The summed E-state index contributed by atoms with van der Waals surface area (Å²) in [4.78, 5) is 10.9. The van der Waals surface area contributed by atoms with Crippen LogP contribution in [0.3, 0.4) is 0 Å². The highest BCUT2D eigenvalue weighted by atomic mass is 16.1. The first-order chi connectivity index (χ1) is 5.24. The first-order valence-corrected chi connectivity index (χ1v) is 3.63. The van der Waals surface area contributed by atoms with Gasteiger partial charge in [0.05, 0.1) is 0 Å². The number of Topliss-reactive ketones (excluding diaryl/α,β-unsaturated/α-hetero) is 1. The maximum absolute atomic E-state index is 10.9. The lowest BCUT2D eigenvalue weighted by atomic mass is 10.1. The summed E-state index contributed by atoms with van der Waals surface area (Å²) in [5, 5.41) is 9.73. The van der Waals surface area contributed by atoms with E-state index in [-0.39, 0.29) is 5.78 Å². The quantitative estimate of drug-likeness (QED) is 0.583. The standard InChI is InChI=1S/C8H14N2O/c1-3-8(11)4-7(5-9)6-10-2/h5-6,9-10H,3-4H2,1-2H3/b7-6-,9-5?. The van der Waals surface area contributed by atoms with Crippen LogP contribution in [0, 0.1) is 5.41 Å². The van der Waals surface area contributed by atoms with Gasteiger partial charge in [-0.1, -0.05) is 6.92 Å². The molecule has 11 heavy (non-hydrogen) atoms. The van der Waals surface area contributed by atoms with Crippen molar-refractivity contribution in [1.29, 1.82) is 5.41 Å². The molecule has 0 amide bonds. The van der Waals surface area contributed by atoms with E-state index in [0.717, 1.165) is 5.57 Å². The summed E-state index contributed by atoms with van der Waals surface area (Å²) in [6, 6.07) is 0. The van der Waals surface area contributed by atoms with Gasteiger partial charge < -0.3 is 10.7 Å². The first-order valence-electron chi connectivity index (χ1n) is 3.63. The Morgan fingerprint density at radius 1 is 1.64 bits per heavy atom. The maximum atomic E-state index is 10.9. The predicted octanol–water partition coefficient (Wildman–Crippen LogP) is 1.11. The van der Waals surface area contributed by atoms with Crippen LogP contribution in [0.25, 0.3) is 0 Å². The number of hydrogen-bond donors (Lipinski definition) is 2. The van der Waals surface area contributed by atoms with Crippen molar-refractivity contribution in [2.24, 2.45) is 0 Å². The monoisotopic (exact) mass is 154 g/mol. The Hall–Kier alpha value is -1.12. The Morgan fingerprint density at radius 2 is 2.27 bits per heavy atom. The number of allylic oxidation sites excluding steroid dienone is 1. The van der Waals surface area contributed by atoms with Gasteiger partial charge in [0.15, 0.2) is 0 Å². The minimum Gasteiger partial charge on any atom is -0.394 e. The molecule has 0 aromatic rings. The van der Waals surface area contributed by atoms with Crippen molar-refractivity contribution in [2.45, 2.75) is 19.8 Å². The summed E-state index contributed by atoms with van der Waals surface area (Å²) in [5.41, 5.74) is 0.722. The molecule has 0 saturated heterocycles. The molecule has 0 bridgehead atoms. The van der Waals surface area contributed by atoms with E-state index >= 15 is 0 Å². The lowest BCUT2D eigenvalue weighted by Crippen LogP contribution is -2.02. The van der Waals surface area contributed by atoms with Gasteiger partial charge in [-0.3, -0.25) is 4.79 Å². The van der Waals surface area contributed by atoms with Gasteiger partial charge in [0.1, 0.15) is 5.78 Å². The molecule has 62 valence electrons. The third-order valence-electron chi connectivity index (χ3n) is 1.31. The largest absolute Gasteiger partial charge is 0.394 e. The summed E-state index contributed by atoms with van der Waals surface area (Å²) in [5.74, 6) is 0.162. The van der Waals surface area contributed by atoms with E-state index in [1.165, 1.54) is 6.21 Å². The van der Waals surface area contributed by atoms with Gasteiger partial charge in [-0.2, -0.15) is 0 Å². The zero-order valence-corrected chi connectivity index (χ0v) is 6.98. The van der Waals surface area contributed by atoms with E-state index in [1.807, 2.05) is 6.92 Å². The summed E-state index contributed by atoms with van der Waals surface area (Å²) >= 11 is 0. The normalized spacial score (nSPS) is 10.9. The topological polar surface area (TPSA) is 53.0 Å². The van der Waals surface area contributed by atoms with Crippen LogP contribution < -0.4 is 5.32 Å². The second-order valence-corrected chi connectivity index (χ2v) is 2.22. The molecule has 0 aromatic heterocycles. The molecule has 0 aliphatic carbocycles. The van der Waals surface area contributed by atoms with Gasteiger partial charge in [0.25, 0.3) is 0 Å². The van der Waals surface area contributed by atoms with Crippen molar-refractivity contribution < 1.29 is 4.79 Å². The van der Waals surface area contributed by atoms with Gasteiger partial charge in [0.2, 0.25) is 0 Å². The Bertz CT molecular complexity index is 173. The van der Waals surface area contributed by atoms with Gasteiger partial charge in [-0.05, 0) is 5.57 Å². The van der Waals surface area contributed by atoms with Crippen molar-refractivity contribution >= 4 is 12.0 Å². The number of carbonyl (C=O) groups is 1. The van der Waals surface area contributed by atoms with Crippen molar-refractivity contribution in [1.82, 2.24) is 5.32 Å². The van der Waals surface area contributed by atoms with Crippen LogP contribution in [0.1, 0.15) is 19.8 Å². The molecule has 0 unspecified atom stereocenters. The van der Waals surface area contributed by atoms with Crippen LogP contribution in [0.5, 0.6) is 0 Å². The fourth-order valence-corrected chi connectivity index (χ4v) is 0.682. The molecule has 2 N–H and O–H groups in total. The zero-order valence-electron chi connectivity index (χ0n) is 6.98. The van der Waals surface area contributed by atoms with Crippen LogP contribution in [0.2, 0.25) is 0 Å². The predicted molar refractivity (Wildman–Crippen MR) is 45.8 cm³/mol. The van der Waals surface area contributed by atoms with Crippen LogP contribution >= 0.6 is 0 Å². The highest BCUT2D eigenvalue weighted by Crippen LogP contribution is 1.99. The molecular weight excluding hydrogens is 140 g/mol. The fraction of sp³-hybridized carbons (Fsp3) is 0.500. The number of nitrogens with one attached hydrogen (secondary N) is 2. The highest BCUT2D eigenvalue weighted by Gasteiger charge is 2.00. The Morgan fingerprint density at radius 3 is 2.64 bits per heavy atom. The van der Waals surface area contributed by atoms with E-state index in [9.17, 15) is 4.79 Å². The van der Waals surface area contributed by atoms with Crippen LogP contribution in [0.4, 0.5) is 0 Å². The fourth-order valence-electron chi connectivity index (χ4n) is 0.682. The van der Waals surface area contributed by atoms with E-state index in [1.54, 1.807) is 13.2 Å². The van der Waals surface area contributed by atoms with Gasteiger partial charge in [0, 0.05) is 32.3 Å². The van der Waals surface area contributed by atoms with Crippen LogP contribution in [0.15, 0.2) is 11.8 Å². The van der Waals surface area contributed by atoms with E-state index < -0.39 is 0 Å². The lowest BCUT2D eigenvalue weighted by Gasteiger charge is -1.97. The highest BCUT2D eigenvalue weighted by molar-refractivity contribution is 5.89. The average Bonchev–Trinajstić information content (AvgIpc) is 2.03. The molecule has 0 aliphatic rings. The summed E-state index contributed by atoms with van der Waals surface area (Å²) < 4.78 is 0. The minimum atomic E-state index is 0.162. The Labute approximate surface area is 67.0 Å². The second kappa shape index (κ2) is 5.65. The molecule has 0 saturated carbocycles. The summed E-state index contributed by atoms with van der Waals surface area (Å²) in [7, 11) is 1.75. The Balaban J connectivity index is 3.98.